The van der Waals surface area contributed by atoms with Gasteiger partial charge in [0.05, 0.1) is 5.71 Å². The van der Waals surface area contributed by atoms with Gasteiger partial charge in [0.2, 0.25) is 0 Å². The maximum atomic E-state index is 4.58. The Morgan fingerprint density at radius 1 is 1.24 bits per heavy atom. The highest BCUT2D eigenvalue weighted by Gasteiger charge is 2.11. The third-order valence-corrected chi connectivity index (χ3v) is 3.44. The number of rotatable bonds is 9. The summed E-state index contributed by atoms with van der Waals surface area (Å²) in [5.74, 6) is 0.286. The first-order valence-electron chi connectivity index (χ1n) is 6.82. The molecule has 2 heteroatoms. The molecule has 112 valence electrons. The van der Waals surface area contributed by atoms with Gasteiger partial charge in [0.15, 0.2) is 0 Å². The SMILES string of the molecule is C=C\C=C(C)/C(=C\C)C(=N/C=C\C(C)C=C)/C(=C)SC=C. The Morgan fingerprint density at radius 2 is 1.90 bits per heavy atom. The lowest BCUT2D eigenvalue weighted by Crippen LogP contribution is -2.05. The molecule has 1 atom stereocenters. The summed E-state index contributed by atoms with van der Waals surface area (Å²) in [6.07, 6.45) is 11.5. The van der Waals surface area contributed by atoms with Gasteiger partial charge in [-0.3, -0.25) is 4.99 Å². The Morgan fingerprint density at radius 3 is 2.38 bits per heavy atom. The van der Waals surface area contributed by atoms with Crippen LogP contribution < -0.4 is 0 Å². The van der Waals surface area contributed by atoms with Gasteiger partial charge in [0.25, 0.3) is 0 Å². The van der Waals surface area contributed by atoms with Crippen molar-refractivity contribution in [2.75, 3.05) is 0 Å². The first-order chi connectivity index (χ1) is 10.0. The molecule has 0 rings (SSSR count). The number of aliphatic imine (C=N–C) groups is 1. The Kier molecular flexibility index (Phi) is 9.99. The average Bonchev–Trinajstić information content (AvgIpc) is 2.46. The minimum Gasteiger partial charge on any atom is -0.255 e. The van der Waals surface area contributed by atoms with Crippen LogP contribution in [-0.4, -0.2) is 5.71 Å². The van der Waals surface area contributed by atoms with Gasteiger partial charge in [-0.1, -0.05) is 68.8 Å². The van der Waals surface area contributed by atoms with Gasteiger partial charge >= 0.3 is 0 Å². The highest BCUT2D eigenvalue weighted by atomic mass is 32.2. The number of hydrogen-bond donors (Lipinski definition) is 0. The fourth-order valence-electron chi connectivity index (χ4n) is 1.60. The van der Waals surface area contributed by atoms with E-state index < -0.39 is 0 Å². The second-order valence-corrected chi connectivity index (χ2v) is 5.47. The van der Waals surface area contributed by atoms with E-state index in [1.807, 2.05) is 38.2 Å². The Bertz CT molecular complexity index is 516. The van der Waals surface area contributed by atoms with Crippen molar-refractivity contribution < 1.29 is 0 Å². The summed E-state index contributed by atoms with van der Waals surface area (Å²) in [5, 5.41) is 1.76. The van der Waals surface area contributed by atoms with Crippen LogP contribution >= 0.6 is 11.8 Å². The molecule has 0 amide bonds. The van der Waals surface area contributed by atoms with Crippen LogP contribution in [-0.2, 0) is 0 Å². The molecule has 0 aromatic rings. The van der Waals surface area contributed by atoms with Crippen molar-refractivity contribution in [3.63, 3.8) is 0 Å². The Hall–Kier alpha value is -1.80. The van der Waals surface area contributed by atoms with E-state index in [0.29, 0.717) is 0 Å². The van der Waals surface area contributed by atoms with Gasteiger partial charge in [0, 0.05) is 11.1 Å². The van der Waals surface area contributed by atoms with Gasteiger partial charge < -0.3 is 0 Å². The van der Waals surface area contributed by atoms with Crippen molar-refractivity contribution in [1.82, 2.24) is 0 Å². The zero-order chi connectivity index (χ0) is 16.3. The lowest BCUT2D eigenvalue weighted by Gasteiger charge is -2.12. The van der Waals surface area contributed by atoms with E-state index in [9.17, 15) is 0 Å². The van der Waals surface area contributed by atoms with Crippen LogP contribution in [0.3, 0.4) is 0 Å². The van der Waals surface area contributed by atoms with E-state index in [2.05, 4.69) is 38.2 Å². The number of thioether (sulfide) groups is 1. The van der Waals surface area contributed by atoms with E-state index in [0.717, 1.165) is 21.8 Å². The van der Waals surface area contributed by atoms with Gasteiger partial charge in [-0.15, -0.1) is 6.58 Å². The first-order valence-corrected chi connectivity index (χ1v) is 7.69. The summed E-state index contributed by atoms with van der Waals surface area (Å²) in [7, 11) is 0. The fourth-order valence-corrected chi connectivity index (χ4v) is 2.07. The van der Waals surface area contributed by atoms with Crippen LogP contribution in [0.5, 0.6) is 0 Å². The molecule has 0 radical (unpaired) electrons. The normalized spacial score (nSPS) is 14.9. The summed E-state index contributed by atoms with van der Waals surface area (Å²) in [5.41, 5.74) is 3.00. The zero-order valence-electron chi connectivity index (χ0n) is 13.3. The molecule has 0 aliphatic rings. The van der Waals surface area contributed by atoms with Crippen molar-refractivity contribution in [1.29, 1.82) is 0 Å². The molecule has 0 aromatic heterocycles. The molecule has 0 aromatic carbocycles. The molecule has 0 spiro atoms. The summed E-state index contributed by atoms with van der Waals surface area (Å²) in [6, 6.07) is 0. The third-order valence-electron chi connectivity index (χ3n) is 2.79. The largest absolute Gasteiger partial charge is 0.255 e. The van der Waals surface area contributed by atoms with Crippen molar-refractivity contribution >= 4 is 17.5 Å². The predicted octanol–water partition coefficient (Wildman–Crippen LogP) is 6.23. The monoisotopic (exact) mass is 299 g/mol. The molecule has 0 N–H and O–H groups in total. The van der Waals surface area contributed by atoms with Gasteiger partial charge in [-0.25, -0.2) is 0 Å². The Balaban J connectivity index is 5.65. The smallest absolute Gasteiger partial charge is 0.0834 e. The molecule has 21 heavy (non-hydrogen) atoms. The molecular weight excluding hydrogens is 274 g/mol. The molecule has 0 saturated carbocycles. The molecular formula is C19H25NS. The topological polar surface area (TPSA) is 12.4 Å². The van der Waals surface area contributed by atoms with Crippen molar-refractivity contribution in [3.8, 4) is 0 Å². The average molecular weight is 299 g/mol. The molecule has 0 aliphatic heterocycles. The molecule has 0 aliphatic carbocycles. The van der Waals surface area contributed by atoms with E-state index in [1.165, 1.54) is 11.8 Å². The lowest BCUT2D eigenvalue weighted by atomic mass is 10.0. The van der Waals surface area contributed by atoms with Crippen molar-refractivity contribution in [2.45, 2.75) is 20.8 Å². The van der Waals surface area contributed by atoms with Crippen molar-refractivity contribution in [2.24, 2.45) is 10.9 Å². The molecule has 0 saturated heterocycles. The summed E-state index contributed by atoms with van der Waals surface area (Å²) < 4.78 is 0. The van der Waals surface area contributed by atoms with Crippen LogP contribution in [0.2, 0.25) is 0 Å². The van der Waals surface area contributed by atoms with E-state index in [-0.39, 0.29) is 5.92 Å². The van der Waals surface area contributed by atoms with Gasteiger partial charge in [-0.2, -0.15) is 0 Å². The lowest BCUT2D eigenvalue weighted by molar-refractivity contribution is 0.940. The van der Waals surface area contributed by atoms with Gasteiger partial charge in [-0.05, 0) is 36.3 Å². The second-order valence-electron chi connectivity index (χ2n) is 4.41. The fraction of sp³-hybridized carbons (Fsp3) is 0.211. The summed E-state index contributed by atoms with van der Waals surface area (Å²) in [6.45, 7) is 21.4. The summed E-state index contributed by atoms with van der Waals surface area (Å²) >= 11 is 1.47. The van der Waals surface area contributed by atoms with Crippen molar-refractivity contribution in [3.05, 3.63) is 84.4 Å². The third kappa shape index (κ3) is 6.96. The summed E-state index contributed by atoms with van der Waals surface area (Å²) in [4.78, 5) is 5.45. The maximum Gasteiger partial charge on any atom is 0.0834 e. The molecule has 0 bridgehead atoms. The Labute approximate surface area is 133 Å². The van der Waals surface area contributed by atoms with E-state index in [4.69, 9.17) is 0 Å². The molecule has 1 unspecified atom stereocenters. The van der Waals surface area contributed by atoms with E-state index in [1.54, 1.807) is 17.7 Å². The van der Waals surface area contributed by atoms with Crippen LogP contribution in [0, 0.1) is 5.92 Å². The number of hydrogen-bond acceptors (Lipinski definition) is 2. The number of nitrogens with zero attached hydrogens (tertiary/aromatic N) is 1. The van der Waals surface area contributed by atoms with Gasteiger partial charge in [0.1, 0.15) is 0 Å². The highest BCUT2D eigenvalue weighted by molar-refractivity contribution is 8.06. The zero-order valence-corrected chi connectivity index (χ0v) is 14.1. The van der Waals surface area contributed by atoms with Crippen LogP contribution in [0.1, 0.15) is 20.8 Å². The van der Waals surface area contributed by atoms with E-state index >= 15 is 0 Å². The van der Waals surface area contributed by atoms with Crippen LogP contribution in [0.15, 0.2) is 89.3 Å². The highest BCUT2D eigenvalue weighted by Crippen LogP contribution is 2.24. The predicted molar refractivity (Wildman–Crippen MR) is 101 cm³/mol. The minimum atomic E-state index is 0.286. The first kappa shape index (κ1) is 19.2. The van der Waals surface area contributed by atoms with Crippen LogP contribution in [0.4, 0.5) is 0 Å². The number of allylic oxidation sites excluding steroid dienone is 8. The molecule has 0 fully saturated rings. The molecule has 1 nitrogen and oxygen atoms in total. The maximum absolute atomic E-state index is 4.58. The minimum absolute atomic E-state index is 0.286. The molecule has 0 heterocycles. The van der Waals surface area contributed by atoms with Crippen LogP contribution in [0.25, 0.3) is 0 Å². The standard InChI is InChI=1S/C19H25NS/c1-8-12-16(6)18(10-3)19(17(7)21-11-4)20-14-13-15(5)9-2/h8-15H,1-2,4,7H2,3,5-6H3/b14-13-,16-12-,18-10+,20-19+. The quantitative estimate of drug-likeness (QED) is 0.279. The second kappa shape index (κ2) is 10.9.